The monoisotopic (exact) mass is 333 g/mol. The Hall–Kier alpha value is -1.57. The van der Waals surface area contributed by atoms with Gasteiger partial charge in [-0.2, -0.15) is 0 Å². The van der Waals surface area contributed by atoms with E-state index in [0.29, 0.717) is 0 Å². The molecule has 1 N–H and O–H groups in total. The molecule has 1 amide bonds. The fourth-order valence-corrected chi connectivity index (χ4v) is 2.15. The largest absolute Gasteiger partial charge is 0.464 e. The number of carbonyl (C=O) groups is 4. The molecule has 22 heavy (non-hydrogen) atoms. The summed E-state index contributed by atoms with van der Waals surface area (Å²) in [5, 5.41) is 2.06. The third-order valence-corrected chi connectivity index (χ3v) is 3.26. The standard InChI is InChI=1S/C14H23NO6S/c1-5-11(16)15-10(14(19)20-6-2)8-22-13(18)7-12(17)21-9(3)4/h9-10H,5-8H2,1-4H3,(H,15,16). The summed E-state index contributed by atoms with van der Waals surface area (Å²) in [4.78, 5) is 46.1. The summed E-state index contributed by atoms with van der Waals surface area (Å²) >= 11 is 0.791. The van der Waals surface area contributed by atoms with Crippen LogP contribution in [0.15, 0.2) is 0 Å². The number of amides is 1. The van der Waals surface area contributed by atoms with Crippen LogP contribution in [0.25, 0.3) is 0 Å². The van der Waals surface area contributed by atoms with Crippen molar-refractivity contribution in [1.29, 1.82) is 0 Å². The first kappa shape index (κ1) is 20.4. The van der Waals surface area contributed by atoms with Crippen LogP contribution >= 0.6 is 11.8 Å². The molecule has 0 spiro atoms. The Morgan fingerprint density at radius 2 is 1.77 bits per heavy atom. The van der Waals surface area contributed by atoms with E-state index in [1.54, 1.807) is 27.7 Å². The third kappa shape index (κ3) is 9.38. The number of ether oxygens (including phenoxy) is 2. The predicted molar refractivity (Wildman–Crippen MR) is 82.2 cm³/mol. The van der Waals surface area contributed by atoms with Crippen molar-refractivity contribution < 1.29 is 28.7 Å². The van der Waals surface area contributed by atoms with Gasteiger partial charge in [-0.05, 0) is 20.8 Å². The van der Waals surface area contributed by atoms with E-state index in [9.17, 15) is 19.2 Å². The van der Waals surface area contributed by atoms with Gasteiger partial charge in [-0.15, -0.1) is 0 Å². The number of hydrogen-bond acceptors (Lipinski definition) is 7. The minimum atomic E-state index is -0.914. The lowest BCUT2D eigenvalue weighted by Gasteiger charge is -2.16. The predicted octanol–water partition coefficient (Wildman–Crippen LogP) is 1.05. The molecule has 0 saturated heterocycles. The first-order chi connectivity index (χ1) is 10.3. The van der Waals surface area contributed by atoms with Crippen molar-refractivity contribution in [2.75, 3.05) is 12.4 Å². The number of thioether (sulfide) groups is 1. The topological polar surface area (TPSA) is 98.8 Å². The van der Waals surface area contributed by atoms with Gasteiger partial charge in [0.15, 0.2) is 5.12 Å². The Balaban J connectivity index is 4.42. The van der Waals surface area contributed by atoms with Crippen LogP contribution in [0.4, 0.5) is 0 Å². The zero-order valence-corrected chi connectivity index (χ0v) is 14.2. The molecule has 0 aliphatic carbocycles. The van der Waals surface area contributed by atoms with Crippen LogP contribution in [0.5, 0.6) is 0 Å². The van der Waals surface area contributed by atoms with Crippen LogP contribution in [0.2, 0.25) is 0 Å². The zero-order valence-electron chi connectivity index (χ0n) is 13.3. The van der Waals surface area contributed by atoms with Crippen molar-refractivity contribution >= 4 is 34.7 Å². The Morgan fingerprint density at radius 1 is 1.14 bits per heavy atom. The van der Waals surface area contributed by atoms with Gasteiger partial charge in [0, 0.05) is 12.2 Å². The summed E-state index contributed by atoms with van der Waals surface area (Å²) in [5.74, 6) is -1.52. The number of nitrogens with one attached hydrogen (secondary N) is 1. The number of carbonyl (C=O) groups excluding carboxylic acids is 4. The molecule has 0 heterocycles. The maximum Gasteiger partial charge on any atom is 0.329 e. The van der Waals surface area contributed by atoms with Gasteiger partial charge in [-0.25, -0.2) is 4.79 Å². The Kier molecular flexibility index (Phi) is 10.3. The lowest BCUT2D eigenvalue weighted by Crippen LogP contribution is -2.43. The van der Waals surface area contributed by atoms with E-state index in [0.717, 1.165) is 11.8 Å². The molecule has 0 aromatic rings. The van der Waals surface area contributed by atoms with Gasteiger partial charge in [-0.1, -0.05) is 18.7 Å². The summed E-state index contributed by atoms with van der Waals surface area (Å²) in [7, 11) is 0. The SMILES string of the molecule is CCOC(=O)C(CSC(=O)CC(=O)OC(C)C)NC(=O)CC. The molecule has 0 aliphatic rings. The van der Waals surface area contributed by atoms with Gasteiger partial charge in [-0.3, -0.25) is 14.4 Å². The van der Waals surface area contributed by atoms with E-state index < -0.39 is 23.1 Å². The average Bonchev–Trinajstić information content (AvgIpc) is 2.42. The summed E-state index contributed by atoms with van der Waals surface area (Å²) in [6.07, 6.45) is -0.448. The van der Waals surface area contributed by atoms with Crippen molar-refractivity contribution in [1.82, 2.24) is 5.32 Å². The smallest absolute Gasteiger partial charge is 0.329 e. The fraction of sp³-hybridized carbons (Fsp3) is 0.714. The van der Waals surface area contributed by atoms with Crippen molar-refractivity contribution in [3.63, 3.8) is 0 Å². The van der Waals surface area contributed by atoms with Crippen molar-refractivity contribution in [2.24, 2.45) is 0 Å². The zero-order chi connectivity index (χ0) is 17.1. The van der Waals surface area contributed by atoms with Crippen molar-refractivity contribution in [3.05, 3.63) is 0 Å². The molecular formula is C14H23NO6S. The lowest BCUT2D eigenvalue weighted by atomic mass is 10.3. The third-order valence-electron chi connectivity index (χ3n) is 2.29. The first-order valence-corrected chi connectivity index (χ1v) is 8.09. The number of rotatable bonds is 9. The van der Waals surface area contributed by atoms with Gasteiger partial charge >= 0.3 is 11.9 Å². The summed E-state index contributed by atoms with van der Waals surface area (Å²) in [5.41, 5.74) is 0. The van der Waals surface area contributed by atoms with E-state index in [-0.39, 0.29) is 37.2 Å². The molecule has 0 radical (unpaired) electrons. The highest BCUT2D eigenvalue weighted by molar-refractivity contribution is 8.13. The van der Waals surface area contributed by atoms with Crippen LogP contribution in [0, 0.1) is 0 Å². The van der Waals surface area contributed by atoms with Crippen molar-refractivity contribution in [2.45, 2.75) is 52.7 Å². The maximum absolute atomic E-state index is 11.7. The molecule has 8 heteroatoms. The number of esters is 2. The minimum absolute atomic E-state index is 0.0123. The van der Waals surface area contributed by atoms with Crippen LogP contribution in [0.1, 0.15) is 40.5 Å². The Labute approximate surface area is 134 Å². The molecule has 126 valence electrons. The normalized spacial score (nSPS) is 11.7. The molecule has 0 rings (SSSR count). The molecule has 0 saturated carbocycles. The highest BCUT2D eigenvalue weighted by Gasteiger charge is 2.23. The van der Waals surface area contributed by atoms with E-state index in [4.69, 9.17) is 9.47 Å². The second kappa shape index (κ2) is 11.1. The van der Waals surface area contributed by atoms with E-state index in [1.807, 2.05) is 0 Å². The highest BCUT2D eigenvalue weighted by Crippen LogP contribution is 2.10. The average molecular weight is 333 g/mol. The molecule has 0 fully saturated rings. The molecule has 0 aliphatic heterocycles. The van der Waals surface area contributed by atoms with Crippen LogP contribution in [0.3, 0.4) is 0 Å². The van der Waals surface area contributed by atoms with E-state index in [1.165, 1.54) is 0 Å². The molecule has 0 aromatic heterocycles. The summed E-state index contributed by atoms with van der Waals surface area (Å²) in [6, 6.07) is -0.914. The van der Waals surface area contributed by atoms with E-state index >= 15 is 0 Å². The maximum atomic E-state index is 11.7. The summed E-state index contributed by atoms with van der Waals surface area (Å²) in [6.45, 7) is 6.85. The van der Waals surface area contributed by atoms with Gasteiger partial charge in [0.25, 0.3) is 0 Å². The van der Waals surface area contributed by atoms with Gasteiger partial charge in [0.2, 0.25) is 5.91 Å². The second-order valence-corrected chi connectivity index (χ2v) is 5.70. The fourth-order valence-electron chi connectivity index (χ4n) is 1.36. The summed E-state index contributed by atoms with van der Waals surface area (Å²) < 4.78 is 9.71. The highest BCUT2D eigenvalue weighted by atomic mass is 32.2. The van der Waals surface area contributed by atoms with E-state index in [2.05, 4.69) is 5.32 Å². The molecule has 1 unspecified atom stereocenters. The van der Waals surface area contributed by atoms with Crippen LogP contribution in [-0.2, 0) is 28.7 Å². The van der Waals surface area contributed by atoms with Gasteiger partial charge in [0.05, 0.1) is 12.7 Å². The number of hydrogen-bond donors (Lipinski definition) is 1. The molecular weight excluding hydrogens is 310 g/mol. The molecule has 0 bridgehead atoms. The van der Waals surface area contributed by atoms with Crippen LogP contribution in [-0.4, -0.2) is 47.5 Å². The first-order valence-electron chi connectivity index (χ1n) is 7.11. The van der Waals surface area contributed by atoms with Crippen molar-refractivity contribution in [3.8, 4) is 0 Å². The Morgan fingerprint density at radius 3 is 2.27 bits per heavy atom. The van der Waals surface area contributed by atoms with Crippen LogP contribution < -0.4 is 5.32 Å². The van der Waals surface area contributed by atoms with Gasteiger partial charge < -0.3 is 14.8 Å². The molecule has 1 atom stereocenters. The molecule has 7 nitrogen and oxygen atoms in total. The van der Waals surface area contributed by atoms with Gasteiger partial charge in [0.1, 0.15) is 12.5 Å². The molecule has 0 aromatic carbocycles. The minimum Gasteiger partial charge on any atom is -0.464 e. The lowest BCUT2D eigenvalue weighted by molar-refractivity contribution is -0.148. The quantitative estimate of drug-likeness (QED) is 0.497. The second-order valence-electron chi connectivity index (χ2n) is 4.62. The Bertz CT molecular complexity index is 410.